The molecule has 2 heterocycles. The second-order valence-corrected chi connectivity index (χ2v) is 6.43. The molecule has 0 aliphatic heterocycles. The average Bonchev–Trinajstić information content (AvgIpc) is 3.15. The van der Waals surface area contributed by atoms with Gasteiger partial charge in [-0.1, -0.05) is 24.3 Å². The second-order valence-electron chi connectivity index (χ2n) is 6.43. The van der Waals surface area contributed by atoms with Crippen LogP contribution < -0.4 is 10.9 Å². The van der Waals surface area contributed by atoms with Crippen LogP contribution in [0.1, 0.15) is 5.56 Å². The fourth-order valence-electron chi connectivity index (χ4n) is 2.95. The lowest BCUT2D eigenvalue weighted by molar-refractivity contribution is -0.137. The van der Waals surface area contributed by atoms with Crippen LogP contribution in [-0.4, -0.2) is 25.2 Å². The molecule has 10 heteroatoms. The molecule has 7 nitrogen and oxygen atoms in total. The number of alkyl halides is 3. The smallest absolute Gasteiger partial charge is 0.325 e. The van der Waals surface area contributed by atoms with E-state index >= 15 is 0 Å². The molecule has 4 rings (SSSR count). The van der Waals surface area contributed by atoms with Crippen LogP contribution >= 0.6 is 0 Å². The number of para-hydroxylation sites is 1. The summed E-state index contributed by atoms with van der Waals surface area (Å²) in [4.78, 5) is 29.2. The third-order valence-corrected chi connectivity index (χ3v) is 4.34. The first-order valence-corrected chi connectivity index (χ1v) is 8.78. The quantitative estimate of drug-likeness (QED) is 0.557. The number of halogens is 3. The molecule has 0 aliphatic carbocycles. The van der Waals surface area contributed by atoms with E-state index in [1.54, 1.807) is 0 Å². The van der Waals surface area contributed by atoms with Gasteiger partial charge in [-0.15, -0.1) is 0 Å². The van der Waals surface area contributed by atoms with Crippen molar-refractivity contribution in [2.45, 2.75) is 12.7 Å². The maximum Gasteiger partial charge on any atom is 0.416 e. The SMILES string of the molecule is O=C(Cn1cnc2c(cnn2-c2ccccc2)c1=O)Nc1cccc(C(F)(F)F)c1. The maximum atomic E-state index is 12.8. The molecule has 4 aromatic rings. The van der Waals surface area contributed by atoms with E-state index in [1.165, 1.54) is 29.3 Å². The number of fused-ring (bicyclic) bond motifs is 1. The van der Waals surface area contributed by atoms with Crippen LogP contribution in [0.4, 0.5) is 18.9 Å². The molecule has 0 unspecified atom stereocenters. The number of benzene rings is 2. The highest BCUT2D eigenvalue weighted by Gasteiger charge is 2.30. The third kappa shape index (κ3) is 3.79. The fourth-order valence-corrected chi connectivity index (χ4v) is 2.95. The Balaban J connectivity index is 1.57. The third-order valence-electron chi connectivity index (χ3n) is 4.34. The monoisotopic (exact) mass is 413 g/mol. The van der Waals surface area contributed by atoms with Crippen molar-refractivity contribution in [2.75, 3.05) is 5.32 Å². The zero-order chi connectivity index (χ0) is 21.3. The van der Waals surface area contributed by atoms with E-state index in [4.69, 9.17) is 0 Å². The normalized spacial score (nSPS) is 11.6. The molecule has 2 aromatic heterocycles. The van der Waals surface area contributed by atoms with Gasteiger partial charge in [0.15, 0.2) is 5.65 Å². The van der Waals surface area contributed by atoms with E-state index < -0.39 is 29.8 Å². The van der Waals surface area contributed by atoms with Gasteiger partial charge in [0.25, 0.3) is 5.56 Å². The fraction of sp³-hybridized carbons (Fsp3) is 0.100. The number of aromatic nitrogens is 4. The molecule has 0 fully saturated rings. The number of rotatable bonds is 4. The summed E-state index contributed by atoms with van der Waals surface area (Å²) >= 11 is 0. The summed E-state index contributed by atoms with van der Waals surface area (Å²) in [5.74, 6) is -0.659. The molecule has 0 radical (unpaired) electrons. The van der Waals surface area contributed by atoms with Crippen LogP contribution in [0.5, 0.6) is 0 Å². The maximum absolute atomic E-state index is 12.8. The van der Waals surface area contributed by atoms with Crippen molar-refractivity contribution in [1.29, 1.82) is 0 Å². The highest BCUT2D eigenvalue weighted by atomic mass is 19.4. The van der Waals surface area contributed by atoms with Gasteiger partial charge in [0, 0.05) is 5.69 Å². The summed E-state index contributed by atoms with van der Waals surface area (Å²) in [6.07, 6.45) is -1.96. The molecule has 0 aliphatic rings. The zero-order valence-electron chi connectivity index (χ0n) is 15.3. The minimum atomic E-state index is -4.52. The number of nitrogens with one attached hydrogen (secondary N) is 1. The van der Waals surface area contributed by atoms with Crippen LogP contribution in [0.25, 0.3) is 16.7 Å². The average molecular weight is 413 g/mol. The first-order valence-electron chi connectivity index (χ1n) is 8.78. The first kappa shape index (κ1) is 19.4. The van der Waals surface area contributed by atoms with Crippen LogP contribution in [0, 0.1) is 0 Å². The Bertz CT molecular complexity index is 1280. The summed E-state index contributed by atoms with van der Waals surface area (Å²) in [6.45, 7) is -0.408. The molecule has 2 aromatic carbocycles. The van der Waals surface area contributed by atoms with Crippen LogP contribution in [0.2, 0.25) is 0 Å². The molecule has 0 bridgehead atoms. The van der Waals surface area contributed by atoms with Crippen molar-refractivity contribution in [2.24, 2.45) is 0 Å². The lowest BCUT2D eigenvalue weighted by Crippen LogP contribution is -2.28. The number of carbonyl (C=O) groups is 1. The van der Waals surface area contributed by atoms with Gasteiger partial charge in [0.1, 0.15) is 18.3 Å². The Morgan fingerprint density at radius 1 is 1.07 bits per heavy atom. The van der Waals surface area contributed by atoms with Gasteiger partial charge in [-0.3, -0.25) is 14.2 Å². The minimum absolute atomic E-state index is 0.0196. The van der Waals surface area contributed by atoms with Gasteiger partial charge >= 0.3 is 6.18 Å². The van der Waals surface area contributed by atoms with Gasteiger partial charge < -0.3 is 5.32 Å². The van der Waals surface area contributed by atoms with Crippen molar-refractivity contribution in [3.63, 3.8) is 0 Å². The van der Waals surface area contributed by atoms with E-state index in [0.717, 1.165) is 22.4 Å². The van der Waals surface area contributed by atoms with Crippen LogP contribution in [-0.2, 0) is 17.5 Å². The molecule has 1 amide bonds. The Labute approximate surface area is 167 Å². The molecular weight excluding hydrogens is 399 g/mol. The highest BCUT2D eigenvalue weighted by Crippen LogP contribution is 2.30. The van der Waals surface area contributed by atoms with Crippen molar-refractivity contribution < 1.29 is 18.0 Å². The van der Waals surface area contributed by atoms with E-state index in [9.17, 15) is 22.8 Å². The van der Waals surface area contributed by atoms with Gasteiger partial charge in [0.2, 0.25) is 5.91 Å². The van der Waals surface area contributed by atoms with Crippen molar-refractivity contribution >= 4 is 22.6 Å². The molecule has 152 valence electrons. The summed E-state index contributed by atoms with van der Waals surface area (Å²) < 4.78 is 41.0. The predicted octanol–water partition coefficient (Wildman–Crippen LogP) is 3.24. The van der Waals surface area contributed by atoms with Gasteiger partial charge in [-0.25, -0.2) is 9.67 Å². The van der Waals surface area contributed by atoms with Gasteiger partial charge in [-0.05, 0) is 30.3 Å². The predicted molar refractivity (Wildman–Crippen MR) is 103 cm³/mol. The molecule has 1 N–H and O–H groups in total. The number of amides is 1. The second kappa shape index (κ2) is 7.47. The zero-order valence-corrected chi connectivity index (χ0v) is 15.3. The largest absolute Gasteiger partial charge is 0.416 e. The highest BCUT2D eigenvalue weighted by molar-refractivity contribution is 5.90. The molecule has 0 spiro atoms. The van der Waals surface area contributed by atoms with Gasteiger partial charge in [-0.2, -0.15) is 18.3 Å². The lowest BCUT2D eigenvalue weighted by Gasteiger charge is -2.10. The molecule has 0 atom stereocenters. The van der Waals surface area contributed by atoms with E-state index in [-0.39, 0.29) is 11.1 Å². The number of hydrogen-bond acceptors (Lipinski definition) is 4. The lowest BCUT2D eigenvalue weighted by atomic mass is 10.2. The molecular formula is C20H14F3N5O2. The summed E-state index contributed by atoms with van der Waals surface area (Å²) in [5, 5.41) is 6.76. The molecule has 0 saturated carbocycles. The number of nitrogens with zero attached hydrogens (tertiary/aromatic N) is 4. The number of carbonyl (C=O) groups excluding carboxylic acids is 1. The van der Waals surface area contributed by atoms with Crippen LogP contribution in [0.15, 0.2) is 71.9 Å². The van der Waals surface area contributed by atoms with E-state index in [0.29, 0.717) is 5.65 Å². The van der Waals surface area contributed by atoms with Crippen molar-refractivity contribution in [3.8, 4) is 5.69 Å². The van der Waals surface area contributed by atoms with Crippen molar-refractivity contribution in [3.05, 3.63) is 83.0 Å². The Kier molecular flexibility index (Phi) is 4.82. The molecule has 30 heavy (non-hydrogen) atoms. The van der Waals surface area contributed by atoms with Crippen molar-refractivity contribution in [1.82, 2.24) is 19.3 Å². The summed E-state index contributed by atoms with van der Waals surface area (Å²) in [7, 11) is 0. The topological polar surface area (TPSA) is 81.8 Å². The Morgan fingerprint density at radius 2 is 1.83 bits per heavy atom. The molecule has 0 saturated heterocycles. The van der Waals surface area contributed by atoms with E-state index in [1.807, 2.05) is 30.3 Å². The number of hydrogen-bond donors (Lipinski definition) is 1. The van der Waals surface area contributed by atoms with E-state index in [2.05, 4.69) is 15.4 Å². The van der Waals surface area contributed by atoms with Gasteiger partial charge in [0.05, 0.1) is 17.4 Å². The summed E-state index contributed by atoms with van der Waals surface area (Å²) in [6, 6.07) is 13.4. The number of anilines is 1. The minimum Gasteiger partial charge on any atom is -0.325 e. The summed E-state index contributed by atoms with van der Waals surface area (Å²) in [5.41, 5.74) is -0.329. The Hall–Kier alpha value is -3.95. The standard InChI is InChI=1S/C20H14F3N5O2/c21-20(22,23)13-5-4-6-14(9-13)26-17(29)11-27-12-24-18-16(19(27)30)10-25-28(18)15-7-2-1-3-8-15/h1-10,12H,11H2,(H,26,29). The van der Waals surface area contributed by atoms with Crippen LogP contribution in [0.3, 0.4) is 0 Å². The Morgan fingerprint density at radius 3 is 2.57 bits per heavy atom. The first-order chi connectivity index (χ1) is 14.3.